The molecule has 0 saturated carbocycles. The van der Waals surface area contributed by atoms with E-state index < -0.39 is 9.05 Å². The van der Waals surface area contributed by atoms with E-state index in [2.05, 4.69) is 0 Å². The molecule has 0 saturated heterocycles. The molecule has 0 spiro atoms. The summed E-state index contributed by atoms with van der Waals surface area (Å²) in [6.45, 7) is 0. The van der Waals surface area contributed by atoms with E-state index in [1.54, 1.807) is 31.4 Å². The Labute approximate surface area is 110 Å². The summed E-state index contributed by atoms with van der Waals surface area (Å²) in [6.07, 6.45) is 3.89. The van der Waals surface area contributed by atoms with Crippen LogP contribution in [0.4, 0.5) is 0 Å². The van der Waals surface area contributed by atoms with Crippen molar-refractivity contribution in [3.8, 4) is 5.75 Å². The molecule has 6 heteroatoms. The quantitative estimate of drug-likeness (QED) is 0.783. The second-order valence-corrected chi connectivity index (χ2v) is 6.63. The molecule has 0 unspecified atom stereocenters. The molecule has 1 aromatic rings. The van der Waals surface area contributed by atoms with Gasteiger partial charge in [0.25, 0.3) is 0 Å². The molecule has 3 nitrogen and oxygen atoms in total. The van der Waals surface area contributed by atoms with Gasteiger partial charge in [-0.25, -0.2) is 8.42 Å². The van der Waals surface area contributed by atoms with Crippen LogP contribution in [-0.2, 0) is 9.05 Å². The average Bonchev–Trinajstić information content (AvgIpc) is 2.23. The molecular formula is C11H12Cl2O3S. The number of benzene rings is 1. The minimum Gasteiger partial charge on any atom is -0.495 e. The summed E-state index contributed by atoms with van der Waals surface area (Å²) < 4.78 is 26.4. The average molecular weight is 295 g/mol. The maximum atomic E-state index is 10.7. The Bertz CT molecular complexity index is 509. The van der Waals surface area contributed by atoms with Gasteiger partial charge >= 0.3 is 0 Å². The zero-order valence-electron chi connectivity index (χ0n) is 9.19. The third-order valence-corrected chi connectivity index (χ3v) is 3.50. The predicted octanol–water partition coefficient (Wildman–Crippen LogP) is 3.32. The first-order valence-corrected chi connectivity index (χ1v) is 7.70. The third kappa shape index (κ3) is 5.44. The van der Waals surface area contributed by atoms with Crippen molar-refractivity contribution in [1.82, 2.24) is 0 Å². The lowest BCUT2D eigenvalue weighted by molar-refractivity contribution is 0.415. The zero-order valence-corrected chi connectivity index (χ0v) is 11.5. The molecule has 17 heavy (non-hydrogen) atoms. The van der Waals surface area contributed by atoms with Crippen LogP contribution in [0.3, 0.4) is 0 Å². The molecule has 0 aliphatic heterocycles. The Morgan fingerprint density at radius 2 is 2.12 bits per heavy atom. The van der Waals surface area contributed by atoms with Crippen molar-refractivity contribution >= 4 is 37.4 Å². The first-order valence-electron chi connectivity index (χ1n) is 4.85. The van der Waals surface area contributed by atoms with Gasteiger partial charge in [0.2, 0.25) is 9.05 Å². The van der Waals surface area contributed by atoms with Crippen molar-refractivity contribution in [2.75, 3.05) is 12.9 Å². The van der Waals surface area contributed by atoms with Crippen molar-refractivity contribution in [2.45, 2.75) is 6.42 Å². The van der Waals surface area contributed by atoms with Gasteiger partial charge < -0.3 is 4.74 Å². The van der Waals surface area contributed by atoms with Crippen molar-refractivity contribution < 1.29 is 13.2 Å². The Hall–Kier alpha value is -0.710. The van der Waals surface area contributed by atoms with E-state index in [1.165, 1.54) is 0 Å². The largest absolute Gasteiger partial charge is 0.495 e. The molecule has 1 aromatic carbocycles. The highest BCUT2D eigenvalue weighted by atomic mass is 35.7. The summed E-state index contributed by atoms with van der Waals surface area (Å²) in [5.74, 6) is 0.529. The molecule has 0 fully saturated rings. The molecule has 0 aliphatic carbocycles. The van der Waals surface area contributed by atoms with E-state index in [9.17, 15) is 8.42 Å². The Morgan fingerprint density at radius 1 is 1.41 bits per heavy atom. The van der Waals surface area contributed by atoms with Gasteiger partial charge in [-0.3, -0.25) is 0 Å². The fourth-order valence-corrected chi connectivity index (χ4v) is 2.17. The fourth-order valence-electron chi connectivity index (χ4n) is 1.21. The van der Waals surface area contributed by atoms with Crippen LogP contribution in [0.15, 0.2) is 24.3 Å². The van der Waals surface area contributed by atoms with Gasteiger partial charge in [0.05, 0.1) is 17.9 Å². The van der Waals surface area contributed by atoms with Crippen LogP contribution in [0, 0.1) is 0 Å². The minimum atomic E-state index is -3.42. The monoisotopic (exact) mass is 294 g/mol. The Morgan fingerprint density at radius 3 is 2.65 bits per heavy atom. The Balaban J connectivity index is 2.63. The second-order valence-electron chi connectivity index (χ2n) is 3.33. The van der Waals surface area contributed by atoms with Crippen LogP contribution in [0.25, 0.3) is 6.08 Å². The first kappa shape index (κ1) is 14.4. The molecule has 0 radical (unpaired) electrons. The smallest absolute Gasteiger partial charge is 0.232 e. The summed E-state index contributed by atoms with van der Waals surface area (Å²) >= 11 is 5.94. The van der Waals surface area contributed by atoms with Crippen LogP contribution in [-0.4, -0.2) is 21.3 Å². The standard InChI is InChI=1S/C11H12Cl2O3S/c1-16-11-6-5-9(8-10(11)12)4-2-3-7-17(13,14)15/h2,4-6,8H,3,7H2,1H3/b4-2+. The lowest BCUT2D eigenvalue weighted by Gasteiger charge is -2.02. The highest BCUT2D eigenvalue weighted by Gasteiger charge is 2.02. The Kier molecular flexibility index (Phi) is 5.31. The van der Waals surface area contributed by atoms with Gasteiger partial charge in [0.15, 0.2) is 0 Å². The van der Waals surface area contributed by atoms with E-state index in [0.29, 0.717) is 17.2 Å². The molecule has 0 N–H and O–H groups in total. The first-order chi connectivity index (χ1) is 7.92. The van der Waals surface area contributed by atoms with Crippen LogP contribution in [0.5, 0.6) is 5.75 Å². The highest BCUT2D eigenvalue weighted by molar-refractivity contribution is 8.13. The lowest BCUT2D eigenvalue weighted by Crippen LogP contribution is -1.94. The lowest BCUT2D eigenvalue weighted by atomic mass is 10.2. The molecular weight excluding hydrogens is 283 g/mol. The van der Waals surface area contributed by atoms with E-state index in [0.717, 1.165) is 5.56 Å². The van der Waals surface area contributed by atoms with Gasteiger partial charge in [-0.1, -0.05) is 29.8 Å². The summed E-state index contributed by atoms with van der Waals surface area (Å²) in [5.41, 5.74) is 0.878. The van der Waals surface area contributed by atoms with Gasteiger partial charge in [-0.15, -0.1) is 0 Å². The molecule has 0 aromatic heterocycles. The molecule has 0 bridgehead atoms. The van der Waals surface area contributed by atoms with Gasteiger partial charge in [0, 0.05) is 10.7 Å². The summed E-state index contributed by atoms with van der Waals surface area (Å²) in [6, 6.07) is 5.32. The third-order valence-electron chi connectivity index (χ3n) is 2.01. The zero-order chi connectivity index (χ0) is 12.9. The van der Waals surface area contributed by atoms with E-state index in [4.69, 9.17) is 27.0 Å². The minimum absolute atomic E-state index is 0.0745. The van der Waals surface area contributed by atoms with E-state index >= 15 is 0 Å². The summed E-state index contributed by atoms with van der Waals surface area (Å²) in [5, 5.41) is 0.514. The molecule has 1 rings (SSSR count). The van der Waals surface area contributed by atoms with Gasteiger partial charge in [-0.2, -0.15) is 0 Å². The summed E-state index contributed by atoms with van der Waals surface area (Å²) in [4.78, 5) is 0. The number of ether oxygens (including phenoxy) is 1. The second kappa shape index (κ2) is 6.28. The van der Waals surface area contributed by atoms with Crippen LogP contribution in [0.2, 0.25) is 5.02 Å². The van der Waals surface area contributed by atoms with Gasteiger partial charge in [0.1, 0.15) is 5.75 Å². The molecule has 94 valence electrons. The van der Waals surface area contributed by atoms with Gasteiger partial charge in [-0.05, 0) is 24.1 Å². The van der Waals surface area contributed by atoms with Crippen LogP contribution >= 0.6 is 22.3 Å². The maximum Gasteiger partial charge on any atom is 0.232 e. The predicted molar refractivity (Wildman–Crippen MR) is 71.3 cm³/mol. The van der Waals surface area contributed by atoms with Crippen LogP contribution in [0.1, 0.15) is 12.0 Å². The highest BCUT2D eigenvalue weighted by Crippen LogP contribution is 2.25. The number of hydrogen-bond donors (Lipinski definition) is 0. The topological polar surface area (TPSA) is 43.4 Å². The SMILES string of the molecule is COc1ccc(/C=C/CCS(=O)(=O)Cl)cc1Cl. The number of allylic oxidation sites excluding steroid dienone is 1. The number of hydrogen-bond acceptors (Lipinski definition) is 3. The maximum absolute atomic E-state index is 10.7. The summed E-state index contributed by atoms with van der Waals surface area (Å²) in [7, 11) is 3.20. The van der Waals surface area contributed by atoms with E-state index in [1.807, 2.05) is 6.07 Å². The molecule has 0 heterocycles. The van der Waals surface area contributed by atoms with Crippen molar-refractivity contribution in [2.24, 2.45) is 0 Å². The number of halogens is 2. The normalized spacial score (nSPS) is 11.9. The molecule has 0 amide bonds. The fraction of sp³-hybridized carbons (Fsp3) is 0.273. The van der Waals surface area contributed by atoms with Crippen molar-refractivity contribution in [1.29, 1.82) is 0 Å². The number of rotatable bonds is 5. The van der Waals surface area contributed by atoms with E-state index in [-0.39, 0.29) is 5.75 Å². The van der Waals surface area contributed by atoms with Crippen molar-refractivity contribution in [3.63, 3.8) is 0 Å². The van der Waals surface area contributed by atoms with Crippen molar-refractivity contribution in [3.05, 3.63) is 34.9 Å². The molecule has 0 aliphatic rings. The molecule has 0 atom stereocenters. The number of methoxy groups -OCH3 is 1. The van der Waals surface area contributed by atoms with Crippen LogP contribution < -0.4 is 4.74 Å².